The lowest BCUT2D eigenvalue weighted by Crippen LogP contribution is -2.14. The van der Waals surface area contributed by atoms with Crippen molar-refractivity contribution < 1.29 is 13.9 Å². The van der Waals surface area contributed by atoms with Crippen molar-refractivity contribution in [3.05, 3.63) is 51.9 Å². The molecule has 1 aromatic heterocycles. The van der Waals surface area contributed by atoms with Crippen molar-refractivity contribution in [3.63, 3.8) is 0 Å². The second-order valence-corrected chi connectivity index (χ2v) is 5.28. The van der Waals surface area contributed by atoms with Crippen molar-refractivity contribution in [2.45, 2.75) is 13.8 Å². The minimum atomic E-state index is -0.554. The SMILES string of the molecule is COc1cc(Cl)c(C)cc1NC(=O)/C(C#N)=C/c1ccc(C)o1. The van der Waals surface area contributed by atoms with Crippen LogP contribution in [0.2, 0.25) is 5.02 Å². The number of benzene rings is 1. The van der Waals surface area contributed by atoms with Gasteiger partial charge in [-0.2, -0.15) is 5.26 Å². The quantitative estimate of drug-likeness (QED) is 0.676. The van der Waals surface area contributed by atoms with Gasteiger partial charge in [-0.25, -0.2) is 0 Å². The Labute approximate surface area is 139 Å². The molecule has 5 nitrogen and oxygen atoms in total. The maximum Gasteiger partial charge on any atom is 0.266 e. The van der Waals surface area contributed by atoms with E-state index in [4.69, 9.17) is 20.8 Å². The number of hydrogen-bond acceptors (Lipinski definition) is 4. The molecule has 0 saturated heterocycles. The molecule has 1 amide bonds. The van der Waals surface area contributed by atoms with Crippen molar-refractivity contribution in [1.29, 1.82) is 5.26 Å². The molecule has 1 aromatic carbocycles. The minimum Gasteiger partial charge on any atom is -0.495 e. The van der Waals surface area contributed by atoms with Gasteiger partial charge in [-0.15, -0.1) is 0 Å². The highest BCUT2D eigenvalue weighted by Crippen LogP contribution is 2.31. The lowest BCUT2D eigenvalue weighted by atomic mass is 10.1. The first-order chi connectivity index (χ1) is 10.9. The Hall–Kier alpha value is -2.71. The molecule has 0 unspecified atom stereocenters. The van der Waals surface area contributed by atoms with E-state index in [-0.39, 0.29) is 5.57 Å². The molecule has 2 rings (SSSR count). The molecular formula is C17H15ClN2O3. The first kappa shape index (κ1) is 16.7. The van der Waals surface area contributed by atoms with Crippen molar-refractivity contribution in [2.24, 2.45) is 0 Å². The number of anilines is 1. The van der Waals surface area contributed by atoms with E-state index in [1.807, 2.05) is 13.0 Å². The average Bonchev–Trinajstić information content (AvgIpc) is 2.93. The second-order valence-electron chi connectivity index (χ2n) is 4.87. The maximum absolute atomic E-state index is 12.3. The molecule has 6 heteroatoms. The summed E-state index contributed by atoms with van der Waals surface area (Å²) < 4.78 is 10.5. The van der Waals surface area contributed by atoms with E-state index in [2.05, 4.69) is 5.32 Å². The predicted octanol–water partition coefficient (Wildman–Crippen LogP) is 4.10. The van der Waals surface area contributed by atoms with Crippen LogP contribution in [0.4, 0.5) is 5.69 Å². The van der Waals surface area contributed by atoms with E-state index in [0.29, 0.717) is 28.0 Å². The Morgan fingerprint density at radius 3 is 2.70 bits per heavy atom. The second kappa shape index (κ2) is 7.03. The third kappa shape index (κ3) is 3.93. The van der Waals surface area contributed by atoms with Gasteiger partial charge in [0.25, 0.3) is 5.91 Å². The van der Waals surface area contributed by atoms with Crippen LogP contribution in [0.25, 0.3) is 6.08 Å². The summed E-state index contributed by atoms with van der Waals surface area (Å²) >= 11 is 6.03. The zero-order valence-electron chi connectivity index (χ0n) is 12.9. The van der Waals surface area contributed by atoms with E-state index < -0.39 is 5.91 Å². The Balaban J connectivity index is 2.29. The van der Waals surface area contributed by atoms with Crippen LogP contribution in [0.15, 0.2) is 34.3 Å². The number of carbonyl (C=O) groups excluding carboxylic acids is 1. The summed E-state index contributed by atoms with van der Waals surface area (Å²) in [6, 6.07) is 8.60. The number of hydrogen-bond donors (Lipinski definition) is 1. The van der Waals surface area contributed by atoms with Gasteiger partial charge >= 0.3 is 0 Å². The fourth-order valence-electron chi connectivity index (χ4n) is 1.94. The summed E-state index contributed by atoms with van der Waals surface area (Å²) in [6.45, 7) is 3.59. The van der Waals surface area contributed by atoms with Crippen molar-refractivity contribution in [2.75, 3.05) is 12.4 Å². The maximum atomic E-state index is 12.3. The summed E-state index contributed by atoms with van der Waals surface area (Å²) in [4.78, 5) is 12.3. The van der Waals surface area contributed by atoms with Crippen LogP contribution < -0.4 is 10.1 Å². The molecule has 0 saturated carbocycles. The monoisotopic (exact) mass is 330 g/mol. The first-order valence-electron chi connectivity index (χ1n) is 6.78. The molecule has 0 bridgehead atoms. The fourth-order valence-corrected chi connectivity index (χ4v) is 2.09. The molecule has 0 fully saturated rings. The Bertz CT molecular complexity index is 816. The summed E-state index contributed by atoms with van der Waals surface area (Å²) in [7, 11) is 1.48. The molecule has 0 aliphatic heterocycles. The van der Waals surface area contributed by atoms with Gasteiger partial charge in [-0.05, 0) is 37.6 Å². The molecule has 2 aromatic rings. The lowest BCUT2D eigenvalue weighted by Gasteiger charge is -2.11. The largest absolute Gasteiger partial charge is 0.495 e. The van der Waals surface area contributed by atoms with Gasteiger partial charge in [0.2, 0.25) is 0 Å². The van der Waals surface area contributed by atoms with Crippen LogP contribution in [0.5, 0.6) is 5.75 Å². The summed E-state index contributed by atoms with van der Waals surface area (Å²) in [5, 5.41) is 12.4. The standard InChI is InChI=1S/C17H15ClN2O3/c1-10-6-15(16(22-3)8-14(10)18)20-17(21)12(9-19)7-13-5-4-11(2)23-13/h4-8H,1-3H3,(H,20,21)/b12-7+. The number of ether oxygens (including phenoxy) is 1. The number of amides is 1. The van der Waals surface area contributed by atoms with Crippen LogP contribution in [-0.4, -0.2) is 13.0 Å². The van der Waals surface area contributed by atoms with Crippen molar-refractivity contribution >= 4 is 29.3 Å². The summed E-state index contributed by atoms with van der Waals surface area (Å²) in [5.41, 5.74) is 1.15. The van der Waals surface area contributed by atoms with E-state index in [1.54, 1.807) is 31.2 Å². The first-order valence-corrected chi connectivity index (χ1v) is 7.16. The van der Waals surface area contributed by atoms with Crippen molar-refractivity contribution in [1.82, 2.24) is 0 Å². The molecule has 1 heterocycles. The van der Waals surface area contributed by atoms with E-state index in [0.717, 1.165) is 5.56 Å². The summed E-state index contributed by atoms with van der Waals surface area (Å²) in [6.07, 6.45) is 1.39. The molecule has 0 atom stereocenters. The highest BCUT2D eigenvalue weighted by Gasteiger charge is 2.14. The number of aryl methyl sites for hydroxylation is 2. The van der Waals surface area contributed by atoms with Gasteiger partial charge < -0.3 is 14.5 Å². The predicted molar refractivity (Wildman–Crippen MR) is 88.4 cm³/mol. The van der Waals surface area contributed by atoms with E-state index in [1.165, 1.54) is 13.2 Å². The Kier molecular flexibility index (Phi) is 5.09. The Morgan fingerprint density at radius 2 is 2.13 bits per heavy atom. The van der Waals surface area contributed by atoms with Crippen molar-refractivity contribution in [3.8, 4) is 11.8 Å². The van der Waals surface area contributed by atoms with Gasteiger partial charge in [0.1, 0.15) is 28.9 Å². The lowest BCUT2D eigenvalue weighted by molar-refractivity contribution is -0.112. The highest BCUT2D eigenvalue weighted by atomic mass is 35.5. The number of furan rings is 1. The third-order valence-electron chi connectivity index (χ3n) is 3.14. The third-order valence-corrected chi connectivity index (χ3v) is 3.55. The number of nitriles is 1. The number of nitrogens with one attached hydrogen (secondary N) is 1. The van der Waals surface area contributed by atoms with Crippen LogP contribution >= 0.6 is 11.6 Å². The van der Waals surface area contributed by atoms with Gasteiger partial charge in [-0.1, -0.05) is 11.6 Å². The number of carbonyl (C=O) groups is 1. The number of methoxy groups -OCH3 is 1. The average molecular weight is 331 g/mol. The zero-order chi connectivity index (χ0) is 17.0. The summed E-state index contributed by atoms with van der Waals surface area (Å²) in [5.74, 6) is 0.999. The van der Waals surface area contributed by atoms with Gasteiger partial charge in [0.15, 0.2) is 0 Å². The fraction of sp³-hybridized carbons (Fsp3) is 0.176. The van der Waals surface area contributed by atoms with Crippen LogP contribution in [0.1, 0.15) is 17.1 Å². The molecule has 0 spiro atoms. The van der Waals surface area contributed by atoms with E-state index in [9.17, 15) is 10.1 Å². The zero-order valence-corrected chi connectivity index (χ0v) is 13.7. The molecule has 1 N–H and O–H groups in total. The Morgan fingerprint density at radius 1 is 1.39 bits per heavy atom. The number of nitrogens with zero attached hydrogens (tertiary/aromatic N) is 1. The molecule has 0 aliphatic carbocycles. The normalized spacial score (nSPS) is 11.0. The van der Waals surface area contributed by atoms with Gasteiger partial charge in [0.05, 0.1) is 12.8 Å². The molecule has 118 valence electrons. The van der Waals surface area contributed by atoms with Gasteiger partial charge in [0, 0.05) is 17.2 Å². The molecule has 23 heavy (non-hydrogen) atoms. The van der Waals surface area contributed by atoms with E-state index >= 15 is 0 Å². The number of halogens is 1. The smallest absolute Gasteiger partial charge is 0.266 e. The van der Waals surface area contributed by atoms with Crippen LogP contribution in [-0.2, 0) is 4.79 Å². The number of rotatable bonds is 4. The minimum absolute atomic E-state index is 0.0750. The highest BCUT2D eigenvalue weighted by molar-refractivity contribution is 6.31. The van der Waals surface area contributed by atoms with Crippen LogP contribution in [0.3, 0.4) is 0 Å². The molecular weight excluding hydrogens is 316 g/mol. The van der Waals surface area contributed by atoms with Gasteiger partial charge in [-0.3, -0.25) is 4.79 Å². The topological polar surface area (TPSA) is 75.3 Å². The van der Waals surface area contributed by atoms with Crippen LogP contribution in [0, 0.1) is 25.2 Å². The molecule has 0 radical (unpaired) electrons. The molecule has 0 aliphatic rings.